The van der Waals surface area contributed by atoms with E-state index in [9.17, 15) is 8.42 Å². The summed E-state index contributed by atoms with van der Waals surface area (Å²) < 4.78 is 27.6. The van der Waals surface area contributed by atoms with Gasteiger partial charge in [0, 0.05) is 25.0 Å². The van der Waals surface area contributed by atoms with E-state index in [0.29, 0.717) is 18.0 Å². The summed E-state index contributed by atoms with van der Waals surface area (Å²) in [7, 11) is -3.47. The number of H-pyrrole nitrogens is 1. The van der Waals surface area contributed by atoms with E-state index in [1.165, 1.54) is 0 Å². The predicted molar refractivity (Wildman–Crippen MR) is 108 cm³/mol. The van der Waals surface area contributed by atoms with Crippen LogP contribution in [0.3, 0.4) is 0 Å². The number of rotatable bonds is 4. The molecule has 1 unspecified atom stereocenters. The standard InChI is InChI=1S/C21H24N4O2S/c1-15-16(2)24-21(23-15)20-13-17(10-11-22-20)18-7-6-12-25(14-18)28(26,27)19-8-4-3-5-9-19/h3-5,8-11,13,18H,6-7,12,14H2,1-2H3,(H,23,24). The minimum Gasteiger partial charge on any atom is -0.341 e. The topological polar surface area (TPSA) is 79.0 Å². The van der Waals surface area contributed by atoms with Gasteiger partial charge in [0.25, 0.3) is 0 Å². The van der Waals surface area contributed by atoms with Gasteiger partial charge in [-0.15, -0.1) is 0 Å². The van der Waals surface area contributed by atoms with Gasteiger partial charge < -0.3 is 4.98 Å². The van der Waals surface area contributed by atoms with E-state index in [-0.39, 0.29) is 5.92 Å². The highest BCUT2D eigenvalue weighted by Gasteiger charge is 2.31. The molecule has 0 bridgehead atoms. The summed E-state index contributed by atoms with van der Waals surface area (Å²) in [6.07, 6.45) is 3.58. The molecule has 2 aromatic heterocycles. The zero-order valence-corrected chi connectivity index (χ0v) is 16.9. The third-order valence-electron chi connectivity index (χ3n) is 5.39. The number of sulfonamides is 1. The van der Waals surface area contributed by atoms with E-state index in [4.69, 9.17) is 0 Å². The van der Waals surface area contributed by atoms with Crippen LogP contribution >= 0.6 is 0 Å². The lowest BCUT2D eigenvalue weighted by Crippen LogP contribution is -2.39. The van der Waals surface area contributed by atoms with Gasteiger partial charge in [-0.05, 0) is 62.4 Å². The van der Waals surface area contributed by atoms with Gasteiger partial charge in [0.15, 0.2) is 5.82 Å². The lowest BCUT2D eigenvalue weighted by molar-refractivity contribution is 0.315. The summed E-state index contributed by atoms with van der Waals surface area (Å²) in [6, 6.07) is 12.7. The van der Waals surface area contributed by atoms with Crippen LogP contribution in [0.5, 0.6) is 0 Å². The van der Waals surface area contributed by atoms with Crippen molar-refractivity contribution in [1.29, 1.82) is 0 Å². The van der Waals surface area contributed by atoms with Crippen molar-refractivity contribution in [2.24, 2.45) is 0 Å². The highest BCUT2D eigenvalue weighted by atomic mass is 32.2. The Balaban J connectivity index is 1.59. The first-order chi connectivity index (χ1) is 13.4. The Morgan fingerprint density at radius 3 is 2.64 bits per heavy atom. The van der Waals surface area contributed by atoms with Gasteiger partial charge in [0.1, 0.15) is 5.69 Å². The van der Waals surface area contributed by atoms with Gasteiger partial charge in [-0.1, -0.05) is 18.2 Å². The molecule has 7 heteroatoms. The van der Waals surface area contributed by atoms with E-state index >= 15 is 0 Å². The summed E-state index contributed by atoms with van der Waals surface area (Å²) in [5, 5.41) is 0. The van der Waals surface area contributed by atoms with Crippen LogP contribution in [0.1, 0.15) is 35.7 Å². The van der Waals surface area contributed by atoms with Gasteiger partial charge in [-0.3, -0.25) is 4.98 Å². The van der Waals surface area contributed by atoms with E-state index in [2.05, 4.69) is 15.0 Å². The van der Waals surface area contributed by atoms with Crippen LogP contribution in [0, 0.1) is 13.8 Å². The van der Waals surface area contributed by atoms with Crippen molar-refractivity contribution in [2.75, 3.05) is 13.1 Å². The van der Waals surface area contributed by atoms with Gasteiger partial charge in [0.05, 0.1) is 10.6 Å². The molecule has 0 saturated carbocycles. The van der Waals surface area contributed by atoms with Crippen LogP contribution in [-0.4, -0.2) is 40.8 Å². The zero-order valence-electron chi connectivity index (χ0n) is 16.1. The fourth-order valence-electron chi connectivity index (χ4n) is 3.67. The first-order valence-corrected chi connectivity index (χ1v) is 10.9. The first-order valence-electron chi connectivity index (χ1n) is 9.50. The lowest BCUT2D eigenvalue weighted by atomic mass is 9.92. The molecule has 146 valence electrons. The smallest absolute Gasteiger partial charge is 0.243 e. The highest BCUT2D eigenvalue weighted by molar-refractivity contribution is 7.89. The number of imidazole rings is 1. The fraction of sp³-hybridized carbons (Fsp3) is 0.333. The molecule has 28 heavy (non-hydrogen) atoms. The van der Waals surface area contributed by atoms with Crippen LogP contribution in [0.25, 0.3) is 11.5 Å². The summed E-state index contributed by atoms with van der Waals surface area (Å²) >= 11 is 0. The average molecular weight is 397 g/mol. The molecule has 3 heterocycles. The molecule has 1 aliphatic rings. The number of hydrogen-bond donors (Lipinski definition) is 1. The summed E-state index contributed by atoms with van der Waals surface area (Å²) in [5.74, 6) is 0.896. The minimum atomic E-state index is -3.47. The van der Waals surface area contributed by atoms with Crippen molar-refractivity contribution in [2.45, 2.75) is 37.5 Å². The molecule has 1 fully saturated rings. The normalized spacial score (nSPS) is 18.3. The maximum atomic E-state index is 13.0. The van der Waals surface area contributed by atoms with Crippen molar-refractivity contribution < 1.29 is 8.42 Å². The SMILES string of the molecule is Cc1nc(-c2cc(C3CCCN(S(=O)(=O)c4ccccc4)C3)ccn2)[nH]c1C. The van der Waals surface area contributed by atoms with Gasteiger partial charge in [-0.2, -0.15) is 4.31 Å². The van der Waals surface area contributed by atoms with Crippen LogP contribution in [0.4, 0.5) is 0 Å². The van der Waals surface area contributed by atoms with Crippen molar-refractivity contribution in [3.63, 3.8) is 0 Å². The van der Waals surface area contributed by atoms with E-state index in [1.54, 1.807) is 34.8 Å². The summed E-state index contributed by atoms with van der Waals surface area (Å²) in [6.45, 7) is 4.99. The van der Waals surface area contributed by atoms with Crippen LogP contribution in [0.2, 0.25) is 0 Å². The quantitative estimate of drug-likeness (QED) is 0.730. The molecule has 0 radical (unpaired) electrons. The Hall–Kier alpha value is -2.51. The molecule has 1 N–H and O–H groups in total. The number of pyridine rings is 1. The van der Waals surface area contributed by atoms with Crippen molar-refractivity contribution in [3.8, 4) is 11.5 Å². The molecular formula is C21H24N4O2S. The Bertz CT molecular complexity index is 1060. The van der Waals surface area contributed by atoms with Crippen molar-refractivity contribution in [1.82, 2.24) is 19.3 Å². The number of nitrogens with zero attached hydrogens (tertiary/aromatic N) is 3. The van der Waals surface area contributed by atoms with Crippen LogP contribution in [0.15, 0.2) is 53.6 Å². The van der Waals surface area contributed by atoms with Gasteiger partial charge in [-0.25, -0.2) is 13.4 Å². The molecule has 6 nitrogen and oxygen atoms in total. The Morgan fingerprint density at radius 1 is 1.14 bits per heavy atom. The second-order valence-electron chi connectivity index (χ2n) is 7.29. The second kappa shape index (κ2) is 7.48. The third-order valence-corrected chi connectivity index (χ3v) is 7.27. The molecule has 4 rings (SSSR count). The summed E-state index contributed by atoms with van der Waals surface area (Å²) in [4.78, 5) is 12.6. The Morgan fingerprint density at radius 2 is 1.93 bits per heavy atom. The zero-order chi connectivity index (χ0) is 19.7. The number of benzene rings is 1. The van der Waals surface area contributed by atoms with E-state index < -0.39 is 10.0 Å². The molecule has 1 saturated heterocycles. The molecule has 1 aliphatic heterocycles. The monoisotopic (exact) mass is 396 g/mol. The van der Waals surface area contributed by atoms with Gasteiger partial charge in [0.2, 0.25) is 10.0 Å². The molecule has 3 aromatic rings. The van der Waals surface area contributed by atoms with Crippen molar-refractivity contribution >= 4 is 10.0 Å². The Labute approximate surface area is 165 Å². The molecular weight excluding hydrogens is 372 g/mol. The molecule has 1 atom stereocenters. The highest BCUT2D eigenvalue weighted by Crippen LogP contribution is 2.31. The maximum absolute atomic E-state index is 13.0. The minimum absolute atomic E-state index is 0.145. The number of nitrogens with one attached hydrogen (secondary N) is 1. The maximum Gasteiger partial charge on any atom is 0.243 e. The number of aromatic nitrogens is 3. The van der Waals surface area contributed by atoms with Crippen LogP contribution in [-0.2, 0) is 10.0 Å². The van der Waals surface area contributed by atoms with Gasteiger partial charge >= 0.3 is 0 Å². The number of piperidine rings is 1. The number of hydrogen-bond acceptors (Lipinski definition) is 4. The third kappa shape index (κ3) is 3.59. The fourth-order valence-corrected chi connectivity index (χ4v) is 5.22. The van der Waals surface area contributed by atoms with E-state index in [0.717, 1.165) is 41.3 Å². The summed E-state index contributed by atoms with van der Waals surface area (Å²) in [5.41, 5.74) is 3.88. The average Bonchev–Trinajstić information content (AvgIpc) is 3.07. The first kappa shape index (κ1) is 18.8. The van der Waals surface area contributed by atoms with E-state index in [1.807, 2.05) is 32.0 Å². The van der Waals surface area contributed by atoms with Crippen molar-refractivity contribution in [3.05, 3.63) is 65.6 Å². The largest absolute Gasteiger partial charge is 0.341 e. The van der Waals surface area contributed by atoms with Crippen LogP contribution < -0.4 is 0 Å². The molecule has 0 spiro atoms. The second-order valence-corrected chi connectivity index (χ2v) is 9.22. The lowest BCUT2D eigenvalue weighted by Gasteiger charge is -2.32. The Kier molecular flexibility index (Phi) is 5.03. The predicted octanol–water partition coefficient (Wildman–Crippen LogP) is 3.66. The number of aromatic amines is 1. The molecule has 1 aromatic carbocycles. The molecule has 0 amide bonds. The molecule has 0 aliphatic carbocycles. The number of aryl methyl sites for hydroxylation is 2.